The van der Waals surface area contributed by atoms with Crippen LogP contribution >= 0.6 is 12.4 Å². The predicted octanol–water partition coefficient (Wildman–Crippen LogP) is 2.19. The molecule has 0 saturated carbocycles. The smallest absolute Gasteiger partial charge is 0.269 e. The molecule has 1 aliphatic rings. The van der Waals surface area contributed by atoms with Crippen molar-refractivity contribution >= 4 is 24.0 Å². The maximum atomic E-state index is 12.1. The number of halogens is 1. The van der Waals surface area contributed by atoms with E-state index in [9.17, 15) is 14.9 Å². The van der Waals surface area contributed by atoms with Crippen molar-refractivity contribution in [1.82, 2.24) is 10.6 Å². The Balaban J connectivity index is 0.00000220. The predicted molar refractivity (Wildman–Crippen MR) is 82.5 cm³/mol. The molecule has 0 aliphatic carbocycles. The lowest BCUT2D eigenvalue weighted by molar-refractivity contribution is -0.384. The van der Waals surface area contributed by atoms with E-state index in [1.165, 1.54) is 12.1 Å². The molecule has 2 N–H and O–H groups in total. The lowest BCUT2D eigenvalue weighted by Gasteiger charge is -2.24. The summed E-state index contributed by atoms with van der Waals surface area (Å²) < 4.78 is 0. The molecule has 0 aromatic heterocycles. The third-order valence-electron chi connectivity index (χ3n) is 3.61. The second-order valence-corrected chi connectivity index (χ2v) is 5.13. The number of hydrogen-bond donors (Lipinski definition) is 2. The lowest BCUT2D eigenvalue weighted by Crippen LogP contribution is -2.41. The maximum absolute atomic E-state index is 12.1. The summed E-state index contributed by atoms with van der Waals surface area (Å²) in [6, 6.07) is 6.15. The van der Waals surface area contributed by atoms with Crippen LogP contribution in [0.25, 0.3) is 0 Å². The van der Waals surface area contributed by atoms with Crippen molar-refractivity contribution in [2.24, 2.45) is 5.92 Å². The van der Waals surface area contributed by atoms with Crippen LogP contribution in [-0.4, -0.2) is 23.9 Å². The summed E-state index contributed by atoms with van der Waals surface area (Å²) in [7, 11) is 0. The number of carbonyl (C=O) groups excluding carboxylic acids is 1. The molecule has 0 radical (unpaired) electrons. The van der Waals surface area contributed by atoms with Crippen LogP contribution in [0, 0.1) is 16.0 Å². The molecule has 1 aliphatic heterocycles. The van der Waals surface area contributed by atoms with Crippen LogP contribution in [0.3, 0.4) is 0 Å². The van der Waals surface area contributed by atoms with Gasteiger partial charge >= 0.3 is 0 Å². The van der Waals surface area contributed by atoms with E-state index in [1.807, 2.05) is 6.92 Å². The third-order valence-corrected chi connectivity index (χ3v) is 3.61. The van der Waals surface area contributed by atoms with Gasteiger partial charge < -0.3 is 10.6 Å². The largest absolute Gasteiger partial charge is 0.349 e. The fraction of sp³-hybridized carbons (Fsp3) is 0.500. The van der Waals surface area contributed by atoms with Crippen molar-refractivity contribution < 1.29 is 9.72 Å². The second-order valence-electron chi connectivity index (χ2n) is 5.13. The molecule has 1 fully saturated rings. The topological polar surface area (TPSA) is 84.3 Å². The van der Waals surface area contributed by atoms with Gasteiger partial charge in [-0.1, -0.05) is 12.1 Å². The number of non-ortho nitro benzene ring substituents is 1. The number of nitro groups is 1. The Morgan fingerprint density at radius 1 is 1.52 bits per heavy atom. The summed E-state index contributed by atoms with van der Waals surface area (Å²) in [5, 5.41) is 16.9. The lowest BCUT2D eigenvalue weighted by atomic mass is 9.98. The number of nitro benzene ring substituents is 1. The van der Waals surface area contributed by atoms with Crippen LogP contribution in [-0.2, 0) is 4.79 Å². The highest BCUT2D eigenvalue weighted by Crippen LogP contribution is 2.20. The number of carbonyl (C=O) groups is 1. The first-order chi connectivity index (χ1) is 9.58. The van der Waals surface area contributed by atoms with E-state index >= 15 is 0 Å². The average Bonchev–Trinajstić information content (AvgIpc) is 2.48. The van der Waals surface area contributed by atoms with Crippen molar-refractivity contribution in [3.05, 3.63) is 39.9 Å². The third kappa shape index (κ3) is 4.68. The molecular weight excluding hydrogens is 294 g/mol. The van der Waals surface area contributed by atoms with Crippen LogP contribution in [0.4, 0.5) is 5.69 Å². The summed E-state index contributed by atoms with van der Waals surface area (Å²) >= 11 is 0. The minimum absolute atomic E-state index is 0. The number of hydrogen-bond acceptors (Lipinski definition) is 4. The fourth-order valence-corrected chi connectivity index (χ4v) is 2.40. The van der Waals surface area contributed by atoms with Crippen LogP contribution in [0.5, 0.6) is 0 Å². The molecule has 1 amide bonds. The highest BCUT2D eigenvalue weighted by molar-refractivity contribution is 5.85. The molecule has 2 atom stereocenters. The highest BCUT2D eigenvalue weighted by Gasteiger charge is 2.22. The minimum Gasteiger partial charge on any atom is -0.349 e. The summed E-state index contributed by atoms with van der Waals surface area (Å²) in [5.74, 6) is 0.00102. The number of amides is 1. The Morgan fingerprint density at radius 2 is 2.29 bits per heavy atom. The molecule has 116 valence electrons. The molecule has 2 rings (SSSR count). The molecule has 1 saturated heterocycles. The SMILES string of the molecule is CC(NC(=O)C1CCCNC1)c1cccc([N+](=O)[O-])c1.Cl. The first-order valence-corrected chi connectivity index (χ1v) is 6.83. The van der Waals surface area contributed by atoms with Crippen LogP contribution in [0.1, 0.15) is 31.4 Å². The van der Waals surface area contributed by atoms with E-state index in [1.54, 1.807) is 12.1 Å². The van der Waals surface area contributed by atoms with Gasteiger partial charge in [-0.3, -0.25) is 14.9 Å². The molecule has 0 spiro atoms. The number of nitrogens with one attached hydrogen (secondary N) is 2. The van der Waals surface area contributed by atoms with Crippen molar-refractivity contribution in [2.45, 2.75) is 25.8 Å². The van der Waals surface area contributed by atoms with Gasteiger partial charge in [-0.2, -0.15) is 0 Å². The quantitative estimate of drug-likeness (QED) is 0.659. The van der Waals surface area contributed by atoms with Crippen LogP contribution < -0.4 is 10.6 Å². The van der Waals surface area contributed by atoms with Gasteiger partial charge in [0.05, 0.1) is 16.9 Å². The monoisotopic (exact) mass is 313 g/mol. The summed E-state index contributed by atoms with van der Waals surface area (Å²) in [6.07, 6.45) is 1.89. The van der Waals surface area contributed by atoms with E-state index in [2.05, 4.69) is 10.6 Å². The number of nitrogens with zero attached hydrogens (tertiary/aromatic N) is 1. The van der Waals surface area contributed by atoms with Gasteiger partial charge in [0, 0.05) is 18.7 Å². The number of benzene rings is 1. The molecule has 1 heterocycles. The van der Waals surface area contributed by atoms with Gasteiger partial charge in [-0.25, -0.2) is 0 Å². The Hall–Kier alpha value is -1.66. The molecular formula is C14H20ClN3O3. The minimum atomic E-state index is -0.427. The molecule has 7 heteroatoms. The second kappa shape index (κ2) is 7.95. The Bertz CT molecular complexity index is 504. The van der Waals surface area contributed by atoms with Gasteiger partial charge in [-0.15, -0.1) is 12.4 Å². The standard InChI is InChI=1S/C14H19N3O3.ClH/c1-10(11-4-2-6-13(8-11)17(19)20)16-14(18)12-5-3-7-15-9-12;/h2,4,6,8,10,12,15H,3,5,7,9H2,1H3,(H,16,18);1H. The fourth-order valence-electron chi connectivity index (χ4n) is 2.40. The van der Waals surface area contributed by atoms with E-state index in [0.29, 0.717) is 6.54 Å². The highest BCUT2D eigenvalue weighted by atomic mass is 35.5. The molecule has 1 aromatic rings. The zero-order chi connectivity index (χ0) is 14.5. The van der Waals surface area contributed by atoms with Crippen molar-refractivity contribution in [3.8, 4) is 0 Å². The summed E-state index contributed by atoms with van der Waals surface area (Å²) in [5.41, 5.74) is 0.791. The molecule has 1 aromatic carbocycles. The normalized spacial score (nSPS) is 19.2. The van der Waals surface area contributed by atoms with Gasteiger partial charge in [0.2, 0.25) is 5.91 Å². The van der Waals surface area contributed by atoms with Crippen LogP contribution in [0.2, 0.25) is 0 Å². The van der Waals surface area contributed by atoms with Crippen LogP contribution in [0.15, 0.2) is 24.3 Å². The number of piperidine rings is 1. The Labute approximate surface area is 129 Å². The van der Waals surface area contributed by atoms with Gasteiger partial charge in [0.15, 0.2) is 0 Å². The molecule has 6 nitrogen and oxygen atoms in total. The van der Waals surface area contributed by atoms with Gasteiger partial charge in [0.1, 0.15) is 0 Å². The van der Waals surface area contributed by atoms with Crippen molar-refractivity contribution in [1.29, 1.82) is 0 Å². The Kier molecular flexibility index (Phi) is 6.58. The average molecular weight is 314 g/mol. The van der Waals surface area contributed by atoms with Gasteiger partial charge in [0.25, 0.3) is 5.69 Å². The summed E-state index contributed by atoms with van der Waals surface area (Å²) in [6.45, 7) is 3.50. The molecule has 21 heavy (non-hydrogen) atoms. The summed E-state index contributed by atoms with van der Waals surface area (Å²) in [4.78, 5) is 22.4. The molecule has 2 unspecified atom stereocenters. The first-order valence-electron chi connectivity index (χ1n) is 6.83. The maximum Gasteiger partial charge on any atom is 0.269 e. The Morgan fingerprint density at radius 3 is 2.90 bits per heavy atom. The number of rotatable bonds is 4. The van der Waals surface area contributed by atoms with E-state index in [-0.39, 0.29) is 36.0 Å². The van der Waals surface area contributed by atoms with E-state index < -0.39 is 4.92 Å². The molecule has 0 bridgehead atoms. The van der Waals surface area contributed by atoms with Crippen molar-refractivity contribution in [2.75, 3.05) is 13.1 Å². The zero-order valence-corrected chi connectivity index (χ0v) is 12.7. The van der Waals surface area contributed by atoms with Crippen molar-refractivity contribution in [3.63, 3.8) is 0 Å². The first kappa shape index (κ1) is 17.4. The van der Waals surface area contributed by atoms with E-state index in [4.69, 9.17) is 0 Å². The van der Waals surface area contributed by atoms with E-state index in [0.717, 1.165) is 24.9 Å². The van der Waals surface area contributed by atoms with Gasteiger partial charge in [-0.05, 0) is 31.9 Å². The zero-order valence-electron chi connectivity index (χ0n) is 11.9.